The summed E-state index contributed by atoms with van der Waals surface area (Å²) in [5, 5.41) is 0. The Hall–Kier alpha value is -2.23. The summed E-state index contributed by atoms with van der Waals surface area (Å²) in [6, 6.07) is 2.21. The minimum absolute atomic E-state index is 0.395. The summed E-state index contributed by atoms with van der Waals surface area (Å²) in [4.78, 5) is 1.49. The van der Waals surface area contributed by atoms with Gasteiger partial charge in [0.25, 0.3) is 10.0 Å². The maximum Gasteiger partial charge on any atom is 0.265 e. The van der Waals surface area contributed by atoms with Crippen LogP contribution in [0, 0.1) is 29.3 Å². The normalized spacial score (nSPS) is 11.5. The van der Waals surface area contributed by atoms with Gasteiger partial charge in [0.05, 0.1) is 0 Å². The van der Waals surface area contributed by atoms with E-state index in [1.807, 2.05) is 0 Å². The molecule has 4 nitrogen and oxygen atoms in total. The highest BCUT2D eigenvalue weighted by Gasteiger charge is 2.25. The van der Waals surface area contributed by atoms with Crippen molar-refractivity contribution >= 4 is 15.7 Å². The lowest BCUT2D eigenvalue weighted by molar-refractivity contribution is 0.432. The molecule has 10 heteroatoms. The Morgan fingerprint density at radius 2 is 1.57 bits per heavy atom. The van der Waals surface area contributed by atoms with Crippen LogP contribution in [-0.2, 0) is 10.0 Å². The number of nitrogens with zero attached hydrogens (tertiary/aromatic N) is 1. The lowest BCUT2D eigenvalue weighted by Gasteiger charge is -2.09. The predicted octanol–water partition coefficient (Wildman–Crippen LogP) is 2.58. The Bertz CT molecular complexity index is 811. The molecule has 1 aromatic heterocycles. The van der Waals surface area contributed by atoms with Gasteiger partial charge in [0.2, 0.25) is 11.9 Å². The van der Waals surface area contributed by atoms with Crippen molar-refractivity contribution in [2.45, 2.75) is 4.90 Å². The molecule has 0 fully saturated rings. The zero-order chi connectivity index (χ0) is 15.8. The molecule has 112 valence electrons. The number of nitrogens with one attached hydrogen (secondary N) is 1. The lowest BCUT2D eigenvalue weighted by Crippen LogP contribution is -2.17. The molecule has 0 aliphatic rings. The smallest absolute Gasteiger partial charge is 0.265 e. The highest BCUT2D eigenvalue weighted by molar-refractivity contribution is 7.92. The molecule has 2 aromatic rings. The van der Waals surface area contributed by atoms with Gasteiger partial charge in [-0.25, -0.2) is 21.6 Å². The van der Waals surface area contributed by atoms with Crippen LogP contribution in [0.5, 0.6) is 0 Å². The van der Waals surface area contributed by atoms with Gasteiger partial charge in [-0.15, -0.1) is 0 Å². The second kappa shape index (κ2) is 5.28. The Morgan fingerprint density at radius 1 is 0.905 bits per heavy atom. The summed E-state index contributed by atoms with van der Waals surface area (Å²) in [6.07, 6.45) is 0. The van der Waals surface area contributed by atoms with E-state index in [1.165, 1.54) is 0 Å². The second-order valence-electron chi connectivity index (χ2n) is 3.75. The summed E-state index contributed by atoms with van der Waals surface area (Å²) in [6.45, 7) is 0. The van der Waals surface area contributed by atoms with Crippen molar-refractivity contribution in [1.29, 1.82) is 0 Å². The van der Waals surface area contributed by atoms with Gasteiger partial charge in [-0.1, -0.05) is 0 Å². The number of sulfonamides is 1. The van der Waals surface area contributed by atoms with Crippen LogP contribution in [0.3, 0.4) is 0 Å². The number of benzene rings is 1. The molecule has 0 saturated heterocycles. The van der Waals surface area contributed by atoms with Crippen LogP contribution >= 0.6 is 0 Å². The molecule has 0 unspecified atom stereocenters. The third kappa shape index (κ3) is 2.94. The van der Waals surface area contributed by atoms with Gasteiger partial charge in [-0.05, 0) is 24.3 Å². The number of hydrogen-bond donors (Lipinski definition) is 1. The van der Waals surface area contributed by atoms with E-state index < -0.39 is 50.0 Å². The van der Waals surface area contributed by atoms with Crippen molar-refractivity contribution in [3.63, 3.8) is 0 Å². The summed E-state index contributed by atoms with van der Waals surface area (Å²) < 4.78 is 90.1. The molecule has 2 rings (SSSR count). The molecule has 0 aliphatic heterocycles. The quantitative estimate of drug-likeness (QED) is 0.536. The molecule has 0 atom stereocenters. The maximum absolute atomic E-state index is 13.4. The highest BCUT2D eigenvalue weighted by atomic mass is 32.2. The van der Waals surface area contributed by atoms with Crippen molar-refractivity contribution in [3.8, 4) is 0 Å². The molecule has 0 bridgehead atoms. The molecule has 1 N–H and O–H groups in total. The van der Waals surface area contributed by atoms with Crippen LogP contribution in [0.25, 0.3) is 0 Å². The first-order valence-corrected chi connectivity index (χ1v) is 6.69. The van der Waals surface area contributed by atoms with Gasteiger partial charge in [0.1, 0.15) is 10.6 Å². The zero-order valence-corrected chi connectivity index (χ0v) is 10.7. The summed E-state index contributed by atoms with van der Waals surface area (Å²) in [7, 11) is -4.75. The SMILES string of the molecule is O=S(=O)(Nc1ccc(F)nc1F)c1ccc(F)c(F)c1F. The number of halogens is 5. The zero-order valence-electron chi connectivity index (χ0n) is 9.87. The predicted molar refractivity (Wildman–Crippen MR) is 61.3 cm³/mol. The number of aromatic nitrogens is 1. The van der Waals surface area contributed by atoms with Gasteiger partial charge in [0.15, 0.2) is 17.5 Å². The monoisotopic (exact) mass is 324 g/mol. The van der Waals surface area contributed by atoms with E-state index in [-0.39, 0.29) is 0 Å². The molecule has 0 spiro atoms. The van der Waals surface area contributed by atoms with Crippen molar-refractivity contribution in [2.24, 2.45) is 0 Å². The van der Waals surface area contributed by atoms with Crippen molar-refractivity contribution in [2.75, 3.05) is 4.72 Å². The van der Waals surface area contributed by atoms with Crippen molar-refractivity contribution in [3.05, 3.63) is 53.6 Å². The molecule has 1 heterocycles. The van der Waals surface area contributed by atoms with E-state index in [2.05, 4.69) is 4.98 Å². The maximum atomic E-state index is 13.4. The van der Waals surface area contributed by atoms with E-state index in [0.717, 1.165) is 0 Å². The van der Waals surface area contributed by atoms with Gasteiger partial charge in [-0.3, -0.25) is 4.72 Å². The molecular weight excluding hydrogens is 319 g/mol. The van der Waals surface area contributed by atoms with Crippen LogP contribution < -0.4 is 4.72 Å². The van der Waals surface area contributed by atoms with Crippen molar-refractivity contribution in [1.82, 2.24) is 4.98 Å². The minimum atomic E-state index is -4.75. The summed E-state index contributed by atoms with van der Waals surface area (Å²) >= 11 is 0. The van der Waals surface area contributed by atoms with Crippen LogP contribution in [-0.4, -0.2) is 13.4 Å². The molecule has 21 heavy (non-hydrogen) atoms. The van der Waals surface area contributed by atoms with Crippen molar-refractivity contribution < 1.29 is 30.4 Å². The minimum Gasteiger partial charge on any atom is -0.275 e. The topological polar surface area (TPSA) is 59.1 Å². The number of pyridine rings is 1. The van der Waals surface area contributed by atoms with Crippen LogP contribution in [0.15, 0.2) is 29.2 Å². The fourth-order valence-corrected chi connectivity index (χ4v) is 2.53. The van der Waals surface area contributed by atoms with Gasteiger partial charge >= 0.3 is 0 Å². The molecule has 0 amide bonds. The van der Waals surface area contributed by atoms with Crippen LogP contribution in [0.2, 0.25) is 0 Å². The third-order valence-corrected chi connectivity index (χ3v) is 3.73. The average Bonchev–Trinajstić information content (AvgIpc) is 2.39. The molecule has 0 radical (unpaired) electrons. The first kappa shape index (κ1) is 15.2. The fourth-order valence-electron chi connectivity index (χ4n) is 1.40. The first-order chi connectivity index (χ1) is 9.72. The van der Waals surface area contributed by atoms with E-state index >= 15 is 0 Å². The average molecular weight is 324 g/mol. The standard InChI is InChI=1S/C11H5F5N2O2S/c12-5-1-3-7(10(15)9(5)14)21(19,20)18-6-2-4-8(13)17-11(6)16/h1-4,18H. The molecular formula is C11H5F5N2O2S. The number of rotatable bonds is 3. The number of anilines is 1. The van der Waals surface area contributed by atoms with Gasteiger partial charge in [0, 0.05) is 0 Å². The Morgan fingerprint density at radius 3 is 2.19 bits per heavy atom. The number of hydrogen-bond acceptors (Lipinski definition) is 3. The highest BCUT2D eigenvalue weighted by Crippen LogP contribution is 2.23. The van der Waals surface area contributed by atoms with Crippen LogP contribution in [0.1, 0.15) is 0 Å². The molecule has 0 saturated carbocycles. The van der Waals surface area contributed by atoms with Gasteiger partial charge in [-0.2, -0.15) is 13.8 Å². The largest absolute Gasteiger partial charge is 0.275 e. The summed E-state index contributed by atoms with van der Waals surface area (Å²) in [5.41, 5.74) is -0.777. The Labute approximate surface area is 115 Å². The van der Waals surface area contributed by atoms with E-state index in [1.54, 1.807) is 4.72 Å². The molecule has 0 aliphatic carbocycles. The van der Waals surface area contributed by atoms with Crippen LogP contribution in [0.4, 0.5) is 27.6 Å². The second-order valence-corrected chi connectivity index (χ2v) is 5.40. The first-order valence-electron chi connectivity index (χ1n) is 5.21. The Balaban J connectivity index is 2.46. The third-order valence-electron chi connectivity index (χ3n) is 2.35. The van der Waals surface area contributed by atoms with E-state index in [0.29, 0.717) is 24.3 Å². The lowest BCUT2D eigenvalue weighted by atomic mass is 10.3. The summed E-state index contributed by atoms with van der Waals surface area (Å²) in [5.74, 6) is -8.23. The Kier molecular flexibility index (Phi) is 3.81. The fraction of sp³-hybridized carbons (Fsp3) is 0. The van der Waals surface area contributed by atoms with E-state index in [4.69, 9.17) is 0 Å². The van der Waals surface area contributed by atoms with Gasteiger partial charge < -0.3 is 0 Å². The molecule has 1 aromatic carbocycles. The van der Waals surface area contributed by atoms with E-state index in [9.17, 15) is 30.4 Å².